The first kappa shape index (κ1) is 15.9. The average molecular weight is 334 g/mol. The number of para-hydroxylation sites is 2. The second-order valence-corrected chi connectivity index (χ2v) is 6.91. The van der Waals surface area contributed by atoms with Gasteiger partial charge in [0.2, 0.25) is 11.8 Å². The number of nitrogens with zero attached hydrogens (tertiary/aromatic N) is 2. The maximum atomic E-state index is 13.1. The zero-order chi connectivity index (χ0) is 17.4. The van der Waals surface area contributed by atoms with E-state index < -0.39 is 0 Å². The van der Waals surface area contributed by atoms with Gasteiger partial charge in [0, 0.05) is 30.9 Å². The molecule has 2 aliphatic heterocycles. The molecule has 1 fully saturated rings. The molecule has 0 saturated carbocycles. The zero-order valence-corrected chi connectivity index (χ0v) is 14.4. The minimum Gasteiger partial charge on any atom is -0.312 e. The maximum absolute atomic E-state index is 13.1. The average Bonchev–Trinajstić information content (AvgIpc) is 3.02. The number of hydrogen-bond donors (Lipinski definition) is 0. The Hall–Kier alpha value is -2.62. The molecule has 1 atom stereocenters. The summed E-state index contributed by atoms with van der Waals surface area (Å²) < 4.78 is 0. The molecule has 2 heterocycles. The molecule has 4 heteroatoms. The molecule has 0 aliphatic carbocycles. The van der Waals surface area contributed by atoms with Crippen molar-refractivity contribution < 1.29 is 9.59 Å². The predicted octanol–water partition coefficient (Wildman–Crippen LogP) is 3.33. The lowest BCUT2D eigenvalue weighted by molar-refractivity contribution is -0.124. The van der Waals surface area contributed by atoms with Crippen LogP contribution >= 0.6 is 0 Å². The lowest BCUT2D eigenvalue weighted by atomic mass is 9.99. The van der Waals surface area contributed by atoms with E-state index >= 15 is 0 Å². The SMILES string of the molecule is Cc1ccccc1N1C[C@H](C(=O)N2CCCc3ccccc32)CC1=O. The first-order chi connectivity index (χ1) is 12.1. The van der Waals surface area contributed by atoms with E-state index in [9.17, 15) is 9.59 Å². The Morgan fingerprint density at radius 3 is 2.56 bits per heavy atom. The van der Waals surface area contributed by atoms with Crippen LogP contribution in [0.2, 0.25) is 0 Å². The summed E-state index contributed by atoms with van der Waals surface area (Å²) in [4.78, 5) is 29.3. The van der Waals surface area contributed by atoms with Gasteiger partial charge in [-0.15, -0.1) is 0 Å². The van der Waals surface area contributed by atoms with Crippen molar-refractivity contribution in [1.82, 2.24) is 0 Å². The van der Waals surface area contributed by atoms with Crippen molar-refractivity contribution in [3.8, 4) is 0 Å². The first-order valence-electron chi connectivity index (χ1n) is 8.90. The molecule has 2 aromatic carbocycles. The van der Waals surface area contributed by atoms with Crippen molar-refractivity contribution in [2.45, 2.75) is 26.2 Å². The van der Waals surface area contributed by atoms with E-state index in [2.05, 4.69) is 6.07 Å². The van der Waals surface area contributed by atoms with Gasteiger partial charge < -0.3 is 9.80 Å². The molecule has 0 unspecified atom stereocenters. The summed E-state index contributed by atoms with van der Waals surface area (Å²) in [5, 5.41) is 0. The fourth-order valence-electron chi connectivity index (χ4n) is 3.96. The molecule has 2 aromatic rings. The van der Waals surface area contributed by atoms with Crippen LogP contribution < -0.4 is 9.80 Å². The van der Waals surface area contributed by atoms with Crippen LogP contribution in [0.4, 0.5) is 11.4 Å². The number of aryl methyl sites for hydroxylation is 2. The van der Waals surface area contributed by atoms with Gasteiger partial charge in [-0.2, -0.15) is 0 Å². The summed E-state index contributed by atoms with van der Waals surface area (Å²) in [7, 11) is 0. The second-order valence-electron chi connectivity index (χ2n) is 6.91. The highest BCUT2D eigenvalue weighted by Gasteiger charge is 2.38. The number of carbonyl (C=O) groups is 2. The molecule has 1 saturated heterocycles. The molecule has 2 aliphatic rings. The number of carbonyl (C=O) groups excluding carboxylic acids is 2. The first-order valence-corrected chi connectivity index (χ1v) is 8.90. The van der Waals surface area contributed by atoms with Crippen LogP contribution in [0.25, 0.3) is 0 Å². The topological polar surface area (TPSA) is 40.6 Å². The van der Waals surface area contributed by atoms with Crippen LogP contribution in [-0.4, -0.2) is 24.9 Å². The van der Waals surface area contributed by atoms with Gasteiger partial charge in [0.15, 0.2) is 0 Å². The van der Waals surface area contributed by atoms with E-state index in [1.165, 1.54) is 5.56 Å². The van der Waals surface area contributed by atoms with E-state index in [1.807, 2.05) is 54.3 Å². The van der Waals surface area contributed by atoms with E-state index in [0.29, 0.717) is 13.0 Å². The maximum Gasteiger partial charge on any atom is 0.232 e. The fourth-order valence-corrected chi connectivity index (χ4v) is 3.96. The molecule has 4 rings (SSSR count). The number of amides is 2. The summed E-state index contributed by atoms with van der Waals surface area (Å²) in [6.07, 6.45) is 2.29. The van der Waals surface area contributed by atoms with E-state index in [0.717, 1.165) is 36.3 Å². The third-order valence-corrected chi connectivity index (χ3v) is 5.26. The van der Waals surface area contributed by atoms with Crippen LogP contribution in [-0.2, 0) is 16.0 Å². The molecule has 0 aromatic heterocycles. The number of anilines is 2. The predicted molar refractivity (Wildman–Crippen MR) is 98.8 cm³/mol. The van der Waals surface area contributed by atoms with Gasteiger partial charge in [-0.25, -0.2) is 0 Å². The zero-order valence-electron chi connectivity index (χ0n) is 14.4. The van der Waals surface area contributed by atoms with Gasteiger partial charge in [-0.3, -0.25) is 9.59 Å². The van der Waals surface area contributed by atoms with Gasteiger partial charge in [-0.1, -0.05) is 36.4 Å². The summed E-state index contributed by atoms with van der Waals surface area (Å²) in [6, 6.07) is 16.0. The van der Waals surface area contributed by atoms with Gasteiger partial charge in [0.25, 0.3) is 0 Å². The molecular weight excluding hydrogens is 312 g/mol. The van der Waals surface area contributed by atoms with E-state index in [1.54, 1.807) is 4.90 Å². The smallest absolute Gasteiger partial charge is 0.232 e. The molecule has 0 radical (unpaired) electrons. The second kappa shape index (κ2) is 6.36. The third-order valence-electron chi connectivity index (χ3n) is 5.26. The molecule has 25 heavy (non-hydrogen) atoms. The van der Waals surface area contributed by atoms with Crippen LogP contribution in [0, 0.1) is 12.8 Å². The fraction of sp³-hybridized carbons (Fsp3) is 0.333. The Morgan fingerprint density at radius 1 is 1.04 bits per heavy atom. The molecular formula is C21H22N2O2. The molecule has 2 amide bonds. The van der Waals surface area contributed by atoms with Crippen LogP contribution in [0.15, 0.2) is 48.5 Å². The van der Waals surface area contributed by atoms with Gasteiger partial charge in [-0.05, 0) is 43.0 Å². The van der Waals surface area contributed by atoms with E-state index in [-0.39, 0.29) is 17.7 Å². The summed E-state index contributed by atoms with van der Waals surface area (Å²) in [6.45, 7) is 3.21. The van der Waals surface area contributed by atoms with Crippen molar-refractivity contribution in [1.29, 1.82) is 0 Å². The van der Waals surface area contributed by atoms with Gasteiger partial charge in [0.1, 0.15) is 0 Å². The monoisotopic (exact) mass is 334 g/mol. The summed E-state index contributed by atoms with van der Waals surface area (Å²) >= 11 is 0. The Labute approximate surface area is 148 Å². The number of benzene rings is 2. The lowest BCUT2D eigenvalue weighted by Gasteiger charge is -2.31. The van der Waals surface area contributed by atoms with Crippen LogP contribution in [0.1, 0.15) is 24.0 Å². The molecule has 4 nitrogen and oxygen atoms in total. The van der Waals surface area contributed by atoms with Crippen molar-refractivity contribution in [3.63, 3.8) is 0 Å². The number of rotatable bonds is 2. The Balaban J connectivity index is 1.57. The Morgan fingerprint density at radius 2 is 1.76 bits per heavy atom. The number of fused-ring (bicyclic) bond motifs is 1. The van der Waals surface area contributed by atoms with Crippen molar-refractivity contribution in [3.05, 3.63) is 59.7 Å². The highest BCUT2D eigenvalue weighted by Crippen LogP contribution is 2.32. The van der Waals surface area contributed by atoms with Crippen molar-refractivity contribution >= 4 is 23.2 Å². The van der Waals surface area contributed by atoms with Crippen LogP contribution in [0.3, 0.4) is 0 Å². The van der Waals surface area contributed by atoms with Crippen molar-refractivity contribution in [2.24, 2.45) is 5.92 Å². The normalized spacial score (nSPS) is 19.9. The third kappa shape index (κ3) is 2.82. The van der Waals surface area contributed by atoms with Crippen LogP contribution in [0.5, 0.6) is 0 Å². The van der Waals surface area contributed by atoms with Gasteiger partial charge >= 0.3 is 0 Å². The largest absolute Gasteiger partial charge is 0.312 e. The summed E-state index contributed by atoms with van der Waals surface area (Å²) in [5.41, 5.74) is 4.22. The highest BCUT2D eigenvalue weighted by molar-refractivity contribution is 6.05. The van der Waals surface area contributed by atoms with E-state index in [4.69, 9.17) is 0 Å². The van der Waals surface area contributed by atoms with Gasteiger partial charge in [0.05, 0.1) is 5.92 Å². The lowest BCUT2D eigenvalue weighted by Crippen LogP contribution is -2.40. The standard InChI is InChI=1S/C21H22N2O2/c1-15-7-2-4-10-18(15)23-14-17(13-20(23)24)21(25)22-12-6-9-16-8-3-5-11-19(16)22/h2-5,7-8,10-11,17H,6,9,12-14H2,1H3/t17-/m1/s1. The highest BCUT2D eigenvalue weighted by atomic mass is 16.2. The quantitative estimate of drug-likeness (QED) is 0.845. The molecule has 0 N–H and O–H groups in total. The molecule has 0 bridgehead atoms. The minimum atomic E-state index is -0.265. The minimum absolute atomic E-state index is 0.0398. The Kier molecular flexibility index (Phi) is 4.04. The Bertz CT molecular complexity index is 830. The number of hydrogen-bond acceptors (Lipinski definition) is 2. The van der Waals surface area contributed by atoms with Crippen molar-refractivity contribution in [2.75, 3.05) is 22.9 Å². The molecule has 128 valence electrons. The molecule has 0 spiro atoms. The summed E-state index contributed by atoms with van der Waals surface area (Å²) in [5.74, 6) is -0.146.